The van der Waals surface area contributed by atoms with Crippen LogP contribution in [0, 0.1) is 21.4 Å². The van der Waals surface area contributed by atoms with E-state index < -0.39 is 16.0 Å². The minimum absolute atomic E-state index is 0.123. The minimum Gasteiger partial charge on any atom is -0.303 e. The Balaban J connectivity index is 2.11. The third kappa shape index (κ3) is 2.46. The molecule has 3 aromatic rings. The summed E-state index contributed by atoms with van der Waals surface area (Å²) in [6.07, 6.45) is 2.42. The number of fused-ring (bicyclic) bond motifs is 1. The summed E-state index contributed by atoms with van der Waals surface area (Å²) < 4.78 is 2.17. The highest BCUT2D eigenvalue weighted by molar-refractivity contribution is 5.53. The second kappa shape index (κ2) is 5.23. The maximum absolute atomic E-state index is 12.0. The Hall–Kier alpha value is -3.74. The number of hydrogen-bond acceptors (Lipinski definition) is 6. The number of nitro groups is 1. The number of pyridine rings is 1. The van der Waals surface area contributed by atoms with Crippen molar-refractivity contribution in [1.82, 2.24) is 19.2 Å². The number of nitrogens with one attached hydrogen (secondary N) is 1. The third-order valence-electron chi connectivity index (χ3n) is 3.18. The first kappa shape index (κ1) is 14.2. The first-order valence-corrected chi connectivity index (χ1v) is 6.34. The van der Waals surface area contributed by atoms with Gasteiger partial charge in [-0.15, -0.1) is 0 Å². The van der Waals surface area contributed by atoms with Crippen LogP contribution in [0.2, 0.25) is 0 Å². The fourth-order valence-corrected chi connectivity index (χ4v) is 2.12. The van der Waals surface area contributed by atoms with Crippen LogP contribution in [0.1, 0.15) is 11.3 Å². The number of aromatic nitrogens is 4. The number of nitrogens with zero attached hydrogens (tertiary/aromatic N) is 5. The Morgan fingerprint density at radius 3 is 2.83 bits per heavy atom. The van der Waals surface area contributed by atoms with Crippen molar-refractivity contribution < 1.29 is 4.92 Å². The largest absolute Gasteiger partial charge is 0.303 e. The maximum Gasteiger partial charge on any atom is 0.285 e. The maximum atomic E-state index is 12.0. The molecule has 0 aliphatic rings. The molecule has 0 amide bonds. The van der Waals surface area contributed by atoms with Crippen molar-refractivity contribution in [2.75, 3.05) is 0 Å². The van der Waals surface area contributed by atoms with E-state index in [1.54, 1.807) is 0 Å². The molecule has 0 unspecified atom stereocenters. The van der Waals surface area contributed by atoms with Gasteiger partial charge >= 0.3 is 0 Å². The molecule has 114 valence electrons. The van der Waals surface area contributed by atoms with Crippen molar-refractivity contribution >= 4 is 11.3 Å². The predicted octanol–water partition coefficient (Wildman–Crippen LogP) is 0.0125. The van der Waals surface area contributed by atoms with Gasteiger partial charge in [-0.3, -0.25) is 24.8 Å². The summed E-state index contributed by atoms with van der Waals surface area (Å²) in [5.74, 6) is 0. The molecular formula is C13H8N6O4. The van der Waals surface area contributed by atoms with Gasteiger partial charge in [0.25, 0.3) is 16.8 Å². The molecule has 0 radical (unpaired) electrons. The standard InChI is InChI=1S/C13H8N6O4/c14-4-8-5-15-18-12(21)3-9(16-13(8)18)6-17-7-10(19(22)23)1-2-11(17)20/h1-3,5,7,15H,6H2. The quantitative estimate of drug-likeness (QED) is 0.534. The summed E-state index contributed by atoms with van der Waals surface area (Å²) in [5, 5.41) is 22.4. The normalized spacial score (nSPS) is 10.6. The lowest BCUT2D eigenvalue weighted by atomic mass is 10.3. The van der Waals surface area contributed by atoms with Gasteiger partial charge < -0.3 is 4.57 Å². The summed E-state index contributed by atoms with van der Waals surface area (Å²) in [5.41, 5.74) is -0.642. The molecule has 10 nitrogen and oxygen atoms in total. The van der Waals surface area contributed by atoms with E-state index in [4.69, 9.17) is 5.26 Å². The Kier molecular flexibility index (Phi) is 3.23. The third-order valence-corrected chi connectivity index (χ3v) is 3.18. The summed E-state index contributed by atoms with van der Waals surface area (Å²) in [4.78, 5) is 38.1. The molecule has 0 aliphatic heterocycles. The average molecular weight is 312 g/mol. The van der Waals surface area contributed by atoms with Crippen molar-refractivity contribution in [3.63, 3.8) is 0 Å². The summed E-state index contributed by atoms with van der Waals surface area (Å²) >= 11 is 0. The lowest BCUT2D eigenvalue weighted by Crippen LogP contribution is -2.22. The molecule has 0 aliphatic carbocycles. The van der Waals surface area contributed by atoms with E-state index >= 15 is 0 Å². The average Bonchev–Trinajstić information content (AvgIpc) is 2.92. The van der Waals surface area contributed by atoms with Gasteiger partial charge in [0.2, 0.25) is 0 Å². The Morgan fingerprint density at radius 1 is 1.35 bits per heavy atom. The summed E-state index contributed by atoms with van der Waals surface area (Å²) in [7, 11) is 0. The van der Waals surface area contributed by atoms with E-state index in [1.807, 2.05) is 6.07 Å². The molecule has 0 spiro atoms. The molecule has 3 rings (SSSR count). The molecule has 3 heterocycles. The second-order valence-corrected chi connectivity index (χ2v) is 4.65. The van der Waals surface area contributed by atoms with Crippen LogP contribution < -0.4 is 11.1 Å². The van der Waals surface area contributed by atoms with Crippen LogP contribution in [0.3, 0.4) is 0 Å². The first-order valence-electron chi connectivity index (χ1n) is 6.34. The number of nitriles is 1. The summed E-state index contributed by atoms with van der Waals surface area (Å²) in [6, 6.07) is 5.25. The number of hydrogen-bond donors (Lipinski definition) is 1. The zero-order chi connectivity index (χ0) is 16.6. The fourth-order valence-electron chi connectivity index (χ4n) is 2.12. The lowest BCUT2D eigenvalue weighted by Gasteiger charge is -2.05. The van der Waals surface area contributed by atoms with E-state index in [-0.39, 0.29) is 29.1 Å². The van der Waals surface area contributed by atoms with Gasteiger partial charge in [0, 0.05) is 24.4 Å². The monoisotopic (exact) mass is 312 g/mol. The van der Waals surface area contributed by atoms with E-state index in [1.165, 1.54) is 12.3 Å². The molecule has 10 heteroatoms. The molecule has 0 bridgehead atoms. The van der Waals surface area contributed by atoms with Gasteiger partial charge in [-0.2, -0.15) is 5.26 Å². The topological polar surface area (TPSA) is 139 Å². The van der Waals surface area contributed by atoms with E-state index in [9.17, 15) is 19.7 Å². The zero-order valence-electron chi connectivity index (χ0n) is 11.5. The highest BCUT2D eigenvalue weighted by Crippen LogP contribution is 2.09. The van der Waals surface area contributed by atoms with E-state index in [0.717, 1.165) is 27.4 Å². The second-order valence-electron chi connectivity index (χ2n) is 4.65. The lowest BCUT2D eigenvalue weighted by molar-refractivity contribution is -0.385. The van der Waals surface area contributed by atoms with Crippen LogP contribution in [0.4, 0.5) is 5.69 Å². The van der Waals surface area contributed by atoms with Gasteiger partial charge in [-0.05, 0) is 0 Å². The van der Waals surface area contributed by atoms with Gasteiger partial charge in [0.05, 0.1) is 23.4 Å². The van der Waals surface area contributed by atoms with Crippen LogP contribution in [-0.2, 0) is 6.54 Å². The van der Waals surface area contributed by atoms with Crippen LogP contribution in [0.15, 0.2) is 40.2 Å². The van der Waals surface area contributed by atoms with E-state index in [0.29, 0.717) is 0 Å². The molecule has 1 N–H and O–H groups in total. The van der Waals surface area contributed by atoms with Crippen molar-refractivity contribution in [2.45, 2.75) is 6.54 Å². The van der Waals surface area contributed by atoms with Crippen molar-refractivity contribution in [3.8, 4) is 6.07 Å². The fraction of sp³-hybridized carbons (Fsp3) is 0.0769. The van der Waals surface area contributed by atoms with Crippen molar-refractivity contribution in [3.05, 3.63) is 72.7 Å². The number of rotatable bonds is 3. The highest BCUT2D eigenvalue weighted by Gasteiger charge is 2.12. The van der Waals surface area contributed by atoms with Gasteiger partial charge in [-0.25, -0.2) is 9.50 Å². The molecular weight excluding hydrogens is 304 g/mol. The van der Waals surface area contributed by atoms with Gasteiger partial charge in [0.1, 0.15) is 11.6 Å². The van der Waals surface area contributed by atoms with Crippen molar-refractivity contribution in [2.24, 2.45) is 0 Å². The van der Waals surface area contributed by atoms with Crippen LogP contribution in [0.25, 0.3) is 5.65 Å². The SMILES string of the molecule is N#Cc1c[nH]n2c(=O)cc(Cn3cc([N+](=O)[O-])ccc3=O)nc12. The molecule has 0 aromatic carbocycles. The molecule has 23 heavy (non-hydrogen) atoms. The zero-order valence-corrected chi connectivity index (χ0v) is 11.5. The summed E-state index contributed by atoms with van der Waals surface area (Å²) in [6.45, 7) is -0.123. The smallest absolute Gasteiger partial charge is 0.285 e. The predicted molar refractivity (Wildman–Crippen MR) is 77.0 cm³/mol. The van der Waals surface area contributed by atoms with Crippen LogP contribution in [-0.4, -0.2) is 24.1 Å². The Bertz CT molecular complexity index is 1080. The van der Waals surface area contributed by atoms with Gasteiger partial charge in [0.15, 0.2) is 5.65 Å². The number of H-pyrrole nitrogens is 1. The minimum atomic E-state index is -0.624. The number of aromatic amines is 1. The Morgan fingerprint density at radius 2 is 2.13 bits per heavy atom. The molecule has 0 saturated carbocycles. The first-order chi connectivity index (χ1) is 11.0. The van der Waals surface area contributed by atoms with Crippen molar-refractivity contribution in [1.29, 1.82) is 5.26 Å². The Labute approximate surface area is 127 Å². The molecule has 3 aromatic heterocycles. The van der Waals surface area contributed by atoms with Crippen LogP contribution in [0.5, 0.6) is 0 Å². The molecule has 0 saturated heterocycles. The van der Waals surface area contributed by atoms with Gasteiger partial charge in [-0.1, -0.05) is 0 Å². The van der Waals surface area contributed by atoms with Crippen LogP contribution >= 0.6 is 0 Å². The molecule has 0 fully saturated rings. The molecule has 0 atom stereocenters. The van der Waals surface area contributed by atoms with E-state index in [2.05, 4.69) is 10.1 Å². The highest BCUT2D eigenvalue weighted by atomic mass is 16.6.